The Hall–Kier alpha value is -2.80. The fraction of sp³-hybridized carbons (Fsp3) is 0.158. The highest BCUT2D eigenvalue weighted by molar-refractivity contribution is 6.29. The summed E-state index contributed by atoms with van der Waals surface area (Å²) in [5.41, 5.74) is 0.891. The molecule has 1 aromatic heterocycles. The number of nitrogens with zero attached hydrogens (tertiary/aromatic N) is 2. The molecule has 0 saturated carbocycles. The van der Waals surface area contributed by atoms with Crippen molar-refractivity contribution in [2.24, 2.45) is 0 Å². The zero-order valence-electron chi connectivity index (χ0n) is 14.2. The Bertz CT molecular complexity index is 882. The SMILES string of the molecule is C[C@H](Nc1ccc(Oc2ccc(Cl)nn2)cc1)c1ccc(C(F)(F)F)cc1. The quantitative estimate of drug-likeness (QED) is 0.567. The van der Waals surface area contributed by atoms with E-state index in [1.807, 2.05) is 6.92 Å². The molecule has 0 amide bonds. The maximum atomic E-state index is 12.6. The van der Waals surface area contributed by atoms with E-state index in [-0.39, 0.29) is 11.2 Å². The monoisotopic (exact) mass is 393 g/mol. The second kappa shape index (κ2) is 7.84. The van der Waals surface area contributed by atoms with Gasteiger partial charge in [0.15, 0.2) is 5.15 Å². The summed E-state index contributed by atoms with van der Waals surface area (Å²) in [6.07, 6.45) is -4.33. The Kier molecular flexibility index (Phi) is 5.51. The van der Waals surface area contributed by atoms with Crippen molar-refractivity contribution in [3.05, 3.63) is 76.9 Å². The number of anilines is 1. The molecule has 140 valence electrons. The van der Waals surface area contributed by atoms with E-state index >= 15 is 0 Å². The van der Waals surface area contributed by atoms with E-state index < -0.39 is 11.7 Å². The first-order chi connectivity index (χ1) is 12.8. The predicted molar refractivity (Wildman–Crippen MR) is 97.0 cm³/mol. The van der Waals surface area contributed by atoms with Gasteiger partial charge in [0.1, 0.15) is 5.75 Å². The van der Waals surface area contributed by atoms with Crippen LogP contribution in [-0.4, -0.2) is 10.2 Å². The summed E-state index contributed by atoms with van der Waals surface area (Å²) in [5, 5.41) is 11.0. The summed E-state index contributed by atoms with van der Waals surface area (Å²) in [6, 6.07) is 15.2. The number of halogens is 4. The molecule has 0 aliphatic carbocycles. The van der Waals surface area contributed by atoms with Crippen LogP contribution in [0.15, 0.2) is 60.7 Å². The molecule has 2 aromatic carbocycles. The van der Waals surface area contributed by atoms with Crippen molar-refractivity contribution >= 4 is 17.3 Å². The third-order valence-corrected chi connectivity index (χ3v) is 4.01. The summed E-state index contributed by atoms with van der Waals surface area (Å²) in [6.45, 7) is 1.87. The molecular formula is C19H15ClF3N3O. The summed E-state index contributed by atoms with van der Waals surface area (Å²) < 4.78 is 43.5. The molecule has 3 rings (SSSR count). The van der Waals surface area contributed by atoms with Gasteiger partial charge in [0.25, 0.3) is 0 Å². The lowest BCUT2D eigenvalue weighted by molar-refractivity contribution is -0.137. The second-order valence-corrected chi connectivity index (χ2v) is 6.19. The molecule has 0 spiro atoms. The van der Waals surface area contributed by atoms with E-state index in [4.69, 9.17) is 16.3 Å². The van der Waals surface area contributed by atoms with Crippen molar-refractivity contribution in [3.8, 4) is 11.6 Å². The zero-order valence-corrected chi connectivity index (χ0v) is 14.9. The fourth-order valence-electron chi connectivity index (χ4n) is 2.39. The Balaban J connectivity index is 1.62. The van der Waals surface area contributed by atoms with Crippen molar-refractivity contribution in [1.82, 2.24) is 10.2 Å². The average Bonchev–Trinajstić information content (AvgIpc) is 2.64. The van der Waals surface area contributed by atoms with Gasteiger partial charge in [-0.15, -0.1) is 10.2 Å². The van der Waals surface area contributed by atoms with Gasteiger partial charge in [0.2, 0.25) is 5.88 Å². The van der Waals surface area contributed by atoms with Crippen LogP contribution in [-0.2, 0) is 6.18 Å². The highest BCUT2D eigenvalue weighted by Gasteiger charge is 2.30. The van der Waals surface area contributed by atoms with Crippen molar-refractivity contribution < 1.29 is 17.9 Å². The first-order valence-corrected chi connectivity index (χ1v) is 8.40. The van der Waals surface area contributed by atoms with Crippen LogP contribution >= 0.6 is 11.6 Å². The molecule has 0 aliphatic rings. The number of hydrogen-bond acceptors (Lipinski definition) is 4. The molecule has 0 saturated heterocycles. The van der Waals surface area contributed by atoms with Crippen LogP contribution in [0.3, 0.4) is 0 Å². The van der Waals surface area contributed by atoms with Crippen LogP contribution in [0.1, 0.15) is 24.1 Å². The Labute approximate surface area is 159 Å². The zero-order chi connectivity index (χ0) is 19.4. The molecule has 0 aliphatic heterocycles. The fourth-order valence-corrected chi connectivity index (χ4v) is 2.49. The summed E-state index contributed by atoms with van der Waals surface area (Å²) >= 11 is 5.67. The largest absolute Gasteiger partial charge is 0.438 e. The molecule has 4 nitrogen and oxygen atoms in total. The van der Waals surface area contributed by atoms with Crippen LogP contribution in [0.25, 0.3) is 0 Å². The van der Waals surface area contributed by atoms with Crippen LogP contribution < -0.4 is 10.1 Å². The van der Waals surface area contributed by atoms with Gasteiger partial charge in [-0.25, -0.2) is 0 Å². The smallest absolute Gasteiger partial charge is 0.416 e. The molecule has 3 aromatic rings. The van der Waals surface area contributed by atoms with Gasteiger partial charge >= 0.3 is 6.18 Å². The average molecular weight is 394 g/mol. The van der Waals surface area contributed by atoms with Crippen LogP contribution in [0.2, 0.25) is 5.15 Å². The van der Waals surface area contributed by atoms with E-state index in [0.29, 0.717) is 11.6 Å². The molecule has 1 N–H and O–H groups in total. The van der Waals surface area contributed by atoms with Gasteiger partial charge in [0, 0.05) is 17.8 Å². The van der Waals surface area contributed by atoms with Crippen LogP contribution in [0, 0.1) is 0 Å². The van der Waals surface area contributed by atoms with Crippen molar-refractivity contribution in [1.29, 1.82) is 0 Å². The molecule has 0 bridgehead atoms. The maximum absolute atomic E-state index is 12.6. The lowest BCUT2D eigenvalue weighted by atomic mass is 10.1. The minimum absolute atomic E-state index is 0.166. The Morgan fingerprint density at radius 2 is 1.59 bits per heavy atom. The van der Waals surface area contributed by atoms with Gasteiger partial charge in [-0.2, -0.15) is 13.2 Å². The van der Waals surface area contributed by atoms with Gasteiger partial charge in [0.05, 0.1) is 5.56 Å². The van der Waals surface area contributed by atoms with E-state index in [1.165, 1.54) is 12.1 Å². The van der Waals surface area contributed by atoms with Crippen molar-refractivity contribution in [2.45, 2.75) is 19.1 Å². The summed E-state index contributed by atoms with van der Waals surface area (Å²) in [4.78, 5) is 0. The summed E-state index contributed by atoms with van der Waals surface area (Å²) in [7, 11) is 0. The molecular weight excluding hydrogens is 379 g/mol. The molecule has 8 heteroatoms. The molecule has 0 radical (unpaired) electrons. The Morgan fingerprint density at radius 3 is 2.15 bits per heavy atom. The minimum Gasteiger partial charge on any atom is -0.438 e. The number of ether oxygens (including phenoxy) is 1. The lowest BCUT2D eigenvalue weighted by Crippen LogP contribution is -2.08. The minimum atomic E-state index is -4.33. The number of hydrogen-bond donors (Lipinski definition) is 1. The van der Waals surface area contributed by atoms with Crippen molar-refractivity contribution in [2.75, 3.05) is 5.32 Å². The van der Waals surface area contributed by atoms with Crippen LogP contribution in [0.5, 0.6) is 11.6 Å². The highest BCUT2D eigenvalue weighted by Crippen LogP contribution is 2.30. The number of rotatable bonds is 5. The molecule has 1 heterocycles. The first kappa shape index (κ1) is 19.0. The first-order valence-electron chi connectivity index (χ1n) is 8.02. The van der Waals surface area contributed by atoms with Gasteiger partial charge in [-0.05, 0) is 55.0 Å². The highest BCUT2D eigenvalue weighted by atomic mass is 35.5. The van der Waals surface area contributed by atoms with E-state index in [2.05, 4.69) is 15.5 Å². The van der Waals surface area contributed by atoms with Gasteiger partial charge in [-0.1, -0.05) is 23.7 Å². The van der Waals surface area contributed by atoms with Crippen molar-refractivity contribution in [3.63, 3.8) is 0 Å². The second-order valence-electron chi connectivity index (χ2n) is 5.81. The summed E-state index contributed by atoms with van der Waals surface area (Å²) in [5.74, 6) is 0.887. The lowest BCUT2D eigenvalue weighted by Gasteiger charge is -2.17. The van der Waals surface area contributed by atoms with E-state index in [9.17, 15) is 13.2 Å². The molecule has 0 fully saturated rings. The standard InChI is InChI=1S/C19H15ClF3N3O/c1-12(13-2-4-14(5-3-13)19(21,22)23)24-15-6-8-16(9-7-15)27-18-11-10-17(20)25-26-18/h2-12,24H,1H3/t12-/m0/s1. The molecule has 1 atom stereocenters. The van der Waals surface area contributed by atoms with E-state index in [0.717, 1.165) is 23.4 Å². The number of benzene rings is 2. The molecule has 27 heavy (non-hydrogen) atoms. The number of alkyl halides is 3. The third-order valence-electron chi connectivity index (χ3n) is 3.81. The Morgan fingerprint density at radius 1 is 0.926 bits per heavy atom. The number of aromatic nitrogens is 2. The predicted octanol–water partition coefficient (Wildman–Crippen LogP) is 6.11. The number of nitrogens with one attached hydrogen (secondary N) is 1. The van der Waals surface area contributed by atoms with Crippen LogP contribution in [0.4, 0.5) is 18.9 Å². The third kappa shape index (κ3) is 5.10. The van der Waals surface area contributed by atoms with Gasteiger partial charge in [-0.3, -0.25) is 0 Å². The normalized spacial score (nSPS) is 12.5. The molecule has 0 unspecified atom stereocenters. The topological polar surface area (TPSA) is 47.0 Å². The maximum Gasteiger partial charge on any atom is 0.416 e. The van der Waals surface area contributed by atoms with Gasteiger partial charge < -0.3 is 10.1 Å². The van der Waals surface area contributed by atoms with E-state index in [1.54, 1.807) is 36.4 Å².